The molecule has 0 radical (unpaired) electrons. The summed E-state index contributed by atoms with van der Waals surface area (Å²) in [5.74, 6) is 0.639. The number of carbonyl (C=O) groups excluding carboxylic acids is 1. The number of Topliss-reactive ketones (excluding diaryl/α,β-unsaturated/α-hetero) is 1. The van der Waals surface area contributed by atoms with Gasteiger partial charge in [-0.3, -0.25) is 4.79 Å². The second-order valence-electron chi connectivity index (χ2n) is 29.0. The average molecular weight is 1410 g/mol. The maximum absolute atomic E-state index is 18.1. The summed E-state index contributed by atoms with van der Waals surface area (Å²) in [6.07, 6.45) is 12.2. The van der Waals surface area contributed by atoms with Crippen molar-refractivity contribution in [3.8, 4) is 28.7 Å². The molecule has 17 heteroatoms. The predicted octanol–water partition coefficient (Wildman–Crippen LogP) is 15.6. The minimum Gasteiger partial charge on any atom is -0.508 e. The highest BCUT2D eigenvalue weighted by Crippen LogP contribution is 2.58. The summed E-state index contributed by atoms with van der Waals surface area (Å²) < 4.78 is 25.5. The molecule has 2 aliphatic heterocycles. The first-order valence-corrected chi connectivity index (χ1v) is 40.8. The van der Waals surface area contributed by atoms with Gasteiger partial charge in [-0.05, 0) is 230 Å². The van der Waals surface area contributed by atoms with Crippen LogP contribution in [0.15, 0.2) is 122 Å². The highest BCUT2D eigenvalue weighted by molar-refractivity contribution is 8.77. The summed E-state index contributed by atoms with van der Waals surface area (Å²) in [6, 6.07) is 36.8. The summed E-state index contributed by atoms with van der Waals surface area (Å²) in [5.41, 5.74) is 8.07. The monoisotopic (exact) mass is 1410 g/mol. The molecular weight excluding hydrogens is 1310 g/mol. The Bertz CT molecular complexity index is 3830. The third kappa shape index (κ3) is 15.4. The molecule has 0 saturated heterocycles. The SMILES string of the molecule is CCOC[C@H]1CC[C@@H]2CSSC[C@H]([C@@]3(c4cc(O)cc([C@@]5(NC)CCC[C@@H](Cc6cccc(CCC(C)C)c6)C5)c4)C(=O)[C@@H]4[C@H](CSS[C@@H](CO)c5cccc6ccc(CC)c(c56)Cc5c(ccc(O)c5OC)C[C@@H](Cc5cc[nH]c5)[C@@H]4O)C[C@@H]3O)c3ccc(OCO)c(c3)O[C@H]2C1. The van der Waals surface area contributed by atoms with Gasteiger partial charge in [0.1, 0.15) is 11.9 Å². The van der Waals surface area contributed by atoms with E-state index in [4.69, 9.17) is 18.9 Å². The number of aromatic nitrogens is 1. The summed E-state index contributed by atoms with van der Waals surface area (Å²) in [7, 11) is 10.2. The number of methoxy groups -OCH3 is 1. The van der Waals surface area contributed by atoms with E-state index in [1.165, 1.54) is 11.1 Å². The Morgan fingerprint density at radius 2 is 1.62 bits per heavy atom. The molecule has 6 aromatic carbocycles. The number of phenolic OH excluding ortho intramolecular Hbond substituents is 2. The third-order valence-corrected chi connectivity index (χ3v) is 28.1. The standard InChI is InChI=1S/C81H102N2O11S4/c1-7-55-21-22-56-15-10-16-65-73(43-84)98-97-46-61-36-74(88)81(68-47-96-95-45-59-20-19-54(44-92-8-2)33-71(59)94-72-35-58(68)24-26-70(72)93-48-85,63-37-62(38-64(86)39-63)80(82-5)28-11-14-52(41-80)31-51-13-9-12-50(30-51)18-17-49(3)4)79(90)76(61)77(89)60(32-53-27-29-83-42-53)34-57-23-25-69(87)78(91-6)67(57)40-66(55)75(56)65/h9-10,12-13,15-16,21-27,29-30,35,37-39,42,49,52,54,59-61,68,71,73-74,76-77,82-89H,7-8,11,14,17-20,28,31-34,36,40-41,43-48H2,1-6H3/t52-,54-,59+,60+,61-,68-,71-,73-,74-,76+,77-,80+,81+/m0/s1. The van der Waals surface area contributed by atoms with E-state index in [1.807, 2.05) is 68.8 Å². The zero-order valence-corrected chi connectivity index (χ0v) is 61.2. The minimum atomic E-state index is -1.81. The first-order valence-electron chi connectivity index (χ1n) is 35.9. The number of fused-ring (bicyclic) bond motifs is 5. The number of aromatic amines is 1. The number of nitrogens with one attached hydrogen (secondary N) is 2. The van der Waals surface area contributed by atoms with Crippen molar-refractivity contribution < 1.29 is 54.4 Å². The number of ketones is 1. The number of aliphatic hydroxyl groups excluding tert-OH is 4. The van der Waals surface area contributed by atoms with Gasteiger partial charge in [-0.1, -0.05) is 143 Å². The van der Waals surface area contributed by atoms with Crippen molar-refractivity contribution in [1.82, 2.24) is 10.3 Å². The van der Waals surface area contributed by atoms with Crippen molar-refractivity contribution in [2.75, 3.05) is 58.0 Å². The smallest absolute Gasteiger partial charge is 0.186 e. The Hall–Kier alpha value is -5.31. The first kappa shape index (κ1) is 72.5. The molecule has 3 heterocycles. The van der Waals surface area contributed by atoms with E-state index in [0.717, 1.165) is 132 Å². The quantitative estimate of drug-likeness (QED) is 0.0280. The normalized spacial score (nSPS) is 27.9. The molecule has 12 rings (SSSR count). The summed E-state index contributed by atoms with van der Waals surface area (Å²) in [4.78, 5) is 21.3. The molecular formula is C81H102N2O11S4. The van der Waals surface area contributed by atoms with Gasteiger partial charge in [0.2, 0.25) is 0 Å². The Morgan fingerprint density at radius 3 is 2.40 bits per heavy atom. The van der Waals surface area contributed by atoms with Gasteiger partial charge in [-0.2, -0.15) is 0 Å². The lowest BCUT2D eigenvalue weighted by molar-refractivity contribution is -0.150. The third-order valence-electron chi connectivity index (χ3n) is 22.7. The van der Waals surface area contributed by atoms with Gasteiger partial charge in [0.25, 0.3) is 0 Å². The van der Waals surface area contributed by atoms with E-state index >= 15 is 4.79 Å². The van der Waals surface area contributed by atoms with E-state index in [1.54, 1.807) is 62.4 Å². The summed E-state index contributed by atoms with van der Waals surface area (Å²) >= 11 is 0. The number of H-pyrrole nitrogens is 1. The molecule has 0 spiro atoms. The molecule has 13 nitrogen and oxygen atoms in total. The van der Waals surface area contributed by atoms with Crippen LogP contribution in [-0.4, -0.2) is 118 Å². The van der Waals surface area contributed by atoms with Crippen LogP contribution in [0, 0.1) is 41.4 Å². The van der Waals surface area contributed by atoms with Gasteiger partial charge in [0.05, 0.1) is 36.6 Å². The van der Waals surface area contributed by atoms with Gasteiger partial charge in [0.15, 0.2) is 35.6 Å². The number of hydrogen-bond acceptors (Lipinski definition) is 16. The largest absolute Gasteiger partial charge is 0.508 e. The zero-order valence-electron chi connectivity index (χ0n) is 57.9. The Balaban J connectivity index is 1.04. The Morgan fingerprint density at radius 1 is 0.806 bits per heavy atom. The molecule has 5 aliphatic rings. The lowest BCUT2D eigenvalue weighted by Gasteiger charge is -2.53. The topological polar surface area (TPSA) is 203 Å². The summed E-state index contributed by atoms with van der Waals surface area (Å²) in [5, 5.41) is 80.6. The number of hydrogen-bond donors (Lipinski definition) is 8. The van der Waals surface area contributed by atoms with E-state index in [-0.39, 0.29) is 42.3 Å². The molecule has 98 heavy (non-hydrogen) atoms. The fraction of sp³-hybridized carbons (Fsp3) is 0.519. The van der Waals surface area contributed by atoms with Gasteiger partial charge < -0.3 is 59.9 Å². The minimum absolute atomic E-state index is 0.00466. The number of benzene rings is 6. The van der Waals surface area contributed by atoms with Crippen LogP contribution in [0.4, 0.5) is 0 Å². The van der Waals surface area contributed by atoms with Crippen LogP contribution in [0.2, 0.25) is 0 Å². The highest BCUT2D eigenvalue weighted by Gasteiger charge is 2.62. The number of aromatic hydroxyl groups is 2. The summed E-state index contributed by atoms with van der Waals surface area (Å²) in [6.45, 7) is 9.22. The van der Waals surface area contributed by atoms with Crippen LogP contribution in [0.1, 0.15) is 158 Å². The van der Waals surface area contributed by atoms with Crippen LogP contribution in [0.5, 0.6) is 28.7 Å². The van der Waals surface area contributed by atoms with Crippen LogP contribution in [0.3, 0.4) is 0 Å². The molecule has 1 aromatic heterocycles. The van der Waals surface area contributed by atoms with Crippen molar-refractivity contribution in [2.45, 2.75) is 164 Å². The average Bonchev–Trinajstić information content (AvgIpc) is 0.763. The van der Waals surface area contributed by atoms with E-state index < -0.39 is 58.9 Å². The van der Waals surface area contributed by atoms with Crippen LogP contribution in [-0.2, 0) is 59.0 Å². The first-order chi connectivity index (χ1) is 47.6. The molecule has 3 saturated carbocycles. The second kappa shape index (κ2) is 32.8. The highest BCUT2D eigenvalue weighted by atomic mass is 33.1. The molecule has 3 fully saturated rings. The van der Waals surface area contributed by atoms with Gasteiger partial charge in [-0.15, -0.1) is 0 Å². The fourth-order valence-corrected chi connectivity index (χ4v) is 23.4. The zero-order chi connectivity index (χ0) is 68.7. The molecule has 8 N–H and O–H groups in total. The molecule has 2 bridgehead atoms. The number of carbonyl (C=O) groups is 1. The fourth-order valence-electron chi connectivity index (χ4n) is 17.7. The second-order valence-corrected chi connectivity index (χ2v) is 34.2. The van der Waals surface area contributed by atoms with Crippen molar-refractivity contribution in [2.24, 2.45) is 41.4 Å². The van der Waals surface area contributed by atoms with Crippen molar-refractivity contribution in [1.29, 1.82) is 0 Å². The van der Waals surface area contributed by atoms with Crippen LogP contribution >= 0.6 is 43.2 Å². The van der Waals surface area contributed by atoms with Gasteiger partial charge in [-0.25, -0.2) is 0 Å². The molecule has 526 valence electrons. The van der Waals surface area contributed by atoms with Crippen LogP contribution < -0.4 is 19.5 Å². The number of ether oxygens (including phenoxy) is 4. The lowest BCUT2D eigenvalue weighted by atomic mass is 9.52. The molecule has 7 aromatic rings. The molecule has 13 atom stereocenters. The Labute approximate surface area is 595 Å². The maximum Gasteiger partial charge on any atom is 0.186 e. The van der Waals surface area contributed by atoms with Crippen molar-refractivity contribution in [3.05, 3.63) is 183 Å². The van der Waals surface area contributed by atoms with Crippen molar-refractivity contribution >= 4 is 59.7 Å². The molecule has 0 amide bonds. The van der Waals surface area contributed by atoms with Gasteiger partial charge in [0, 0.05) is 78.1 Å². The number of aryl methyl sites for hydroxylation is 2. The molecule has 3 aliphatic carbocycles. The predicted molar refractivity (Wildman–Crippen MR) is 400 cm³/mol. The number of phenols is 2. The lowest BCUT2D eigenvalue weighted by Crippen LogP contribution is -2.62. The van der Waals surface area contributed by atoms with E-state index in [2.05, 4.69) is 85.7 Å². The Kier molecular flexibility index (Phi) is 24.2. The maximum atomic E-state index is 18.1. The van der Waals surface area contributed by atoms with E-state index in [0.29, 0.717) is 84.5 Å². The molecule has 0 unspecified atom stereocenters. The van der Waals surface area contributed by atoms with Gasteiger partial charge >= 0.3 is 0 Å². The number of aliphatic hydroxyl groups is 4. The van der Waals surface area contributed by atoms with Crippen molar-refractivity contribution in [3.63, 3.8) is 0 Å². The van der Waals surface area contributed by atoms with E-state index in [9.17, 15) is 30.6 Å². The number of rotatable bonds is 19. The van der Waals surface area contributed by atoms with Crippen LogP contribution in [0.25, 0.3) is 10.8 Å².